The Kier molecular flexibility index (Phi) is 7.67. The minimum Gasteiger partial charge on any atom is -0.385 e. The fourth-order valence-corrected chi connectivity index (χ4v) is 3.05. The van der Waals surface area contributed by atoms with Crippen LogP contribution in [-0.4, -0.2) is 62.0 Å². The van der Waals surface area contributed by atoms with Gasteiger partial charge in [0.15, 0.2) is 0 Å². The number of ether oxygens (including phenoxy) is 1. The number of carbonyl (C=O) groups is 2. The Morgan fingerprint density at radius 3 is 2.56 bits per heavy atom. The number of benzene rings is 1. The smallest absolute Gasteiger partial charge is 0.246 e. The van der Waals surface area contributed by atoms with E-state index in [-0.39, 0.29) is 17.7 Å². The van der Waals surface area contributed by atoms with Crippen LogP contribution in [0.15, 0.2) is 36.4 Å². The lowest BCUT2D eigenvalue weighted by atomic mass is 9.95. The first-order valence-electron chi connectivity index (χ1n) is 8.87. The van der Waals surface area contributed by atoms with E-state index in [1.54, 1.807) is 18.1 Å². The monoisotopic (exact) mass is 344 g/mol. The zero-order chi connectivity index (χ0) is 18.1. The number of methoxy groups -OCH3 is 1. The number of amides is 2. The summed E-state index contributed by atoms with van der Waals surface area (Å²) in [5, 5.41) is 0. The molecular weight excluding hydrogens is 316 g/mol. The van der Waals surface area contributed by atoms with Gasteiger partial charge in [-0.15, -0.1) is 0 Å². The molecule has 0 radical (unpaired) electrons. The van der Waals surface area contributed by atoms with Gasteiger partial charge in [0.2, 0.25) is 11.8 Å². The molecule has 1 fully saturated rings. The van der Waals surface area contributed by atoms with Gasteiger partial charge in [0.05, 0.1) is 0 Å². The zero-order valence-electron chi connectivity index (χ0n) is 15.2. The molecule has 0 aromatic heterocycles. The van der Waals surface area contributed by atoms with Crippen molar-refractivity contribution < 1.29 is 14.3 Å². The topological polar surface area (TPSA) is 49.9 Å². The van der Waals surface area contributed by atoms with Crippen molar-refractivity contribution in [3.05, 3.63) is 42.0 Å². The van der Waals surface area contributed by atoms with E-state index in [4.69, 9.17) is 4.74 Å². The SMILES string of the molecule is COCCCN(C)C(=O)C1CCN(C(=O)/C=C/c2ccccc2)CC1. The van der Waals surface area contributed by atoms with Gasteiger partial charge in [0.1, 0.15) is 0 Å². The second kappa shape index (κ2) is 9.99. The molecule has 1 heterocycles. The average molecular weight is 344 g/mol. The summed E-state index contributed by atoms with van der Waals surface area (Å²) >= 11 is 0. The summed E-state index contributed by atoms with van der Waals surface area (Å²) in [6.45, 7) is 2.66. The van der Waals surface area contributed by atoms with E-state index in [1.165, 1.54) is 0 Å². The molecule has 0 unspecified atom stereocenters. The summed E-state index contributed by atoms with van der Waals surface area (Å²) in [6, 6.07) is 9.78. The van der Waals surface area contributed by atoms with Crippen LogP contribution in [0.25, 0.3) is 6.08 Å². The highest BCUT2D eigenvalue weighted by Gasteiger charge is 2.28. The van der Waals surface area contributed by atoms with Crippen LogP contribution < -0.4 is 0 Å². The highest BCUT2D eigenvalue weighted by Crippen LogP contribution is 2.20. The lowest BCUT2D eigenvalue weighted by Gasteiger charge is -2.32. The summed E-state index contributed by atoms with van der Waals surface area (Å²) in [6.07, 6.45) is 5.77. The van der Waals surface area contributed by atoms with Gasteiger partial charge in [0.25, 0.3) is 0 Å². The molecule has 25 heavy (non-hydrogen) atoms. The molecule has 0 spiro atoms. The minimum atomic E-state index is 0.0169. The second-order valence-corrected chi connectivity index (χ2v) is 6.45. The molecule has 1 saturated heterocycles. The predicted molar refractivity (Wildman–Crippen MR) is 98.9 cm³/mol. The Labute approximate surface area is 150 Å². The fourth-order valence-electron chi connectivity index (χ4n) is 3.05. The average Bonchev–Trinajstić information content (AvgIpc) is 2.66. The third-order valence-electron chi connectivity index (χ3n) is 4.59. The van der Waals surface area contributed by atoms with Gasteiger partial charge in [-0.2, -0.15) is 0 Å². The zero-order valence-corrected chi connectivity index (χ0v) is 15.2. The summed E-state index contributed by atoms with van der Waals surface area (Å²) in [4.78, 5) is 28.3. The Morgan fingerprint density at radius 2 is 1.92 bits per heavy atom. The quantitative estimate of drug-likeness (QED) is 0.564. The van der Waals surface area contributed by atoms with E-state index in [0.717, 1.165) is 24.8 Å². The Morgan fingerprint density at radius 1 is 1.24 bits per heavy atom. The van der Waals surface area contributed by atoms with Gasteiger partial charge in [-0.3, -0.25) is 9.59 Å². The molecule has 1 aliphatic heterocycles. The Balaban J connectivity index is 1.77. The predicted octanol–water partition coefficient (Wildman–Crippen LogP) is 2.43. The molecule has 1 aromatic rings. The highest BCUT2D eigenvalue weighted by molar-refractivity contribution is 5.92. The van der Waals surface area contributed by atoms with Crippen molar-refractivity contribution in [1.29, 1.82) is 0 Å². The summed E-state index contributed by atoms with van der Waals surface area (Å²) in [7, 11) is 3.51. The minimum absolute atomic E-state index is 0.0169. The first-order chi connectivity index (χ1) is 12.1. The number of piperidine rings is 1. The molecule has 0 aliphatic carbocycles. The van der Waals surface area contributed by atoms with E-state index >= 15 is 0 Å². The van der Waals surface area contributed by atoms with Crippen LogP contribution in [0.4, 0.5) is 0 Å². The molecule has 5 heteroatoms. The largest absolute Gasteiger partial charge is 0.385 e. The fraction of sp³-hybridized carbons (Fsp3) is 0.500. The Hall–Kier alpha value is -2.14. The van der Waals surface area contributed by atoms with Crippen LogP contribution in [-0.2, 0) is 14.3 Å². The van der Waals surface area contributed by atoms with Crippen molar-refractivity contribution in [2.75, 3.05) is 40.4 Å². The third-order valence-corrected chi connectivity index (χ3v) is 4.59. The molecule has 2 amide bonds. The molecule has 0 saturated carbocycles. The molecule has 136 valence electrons. The number of hydrogen-bond donors (Lipinski definition) is 0. The summed E-state index contributed by atoms with van der Waals surface area (Å²) in [5.41, 5.74) is 1.01. The van der Waals surface area contributed by atoms with E-state index in [0.29, 0.717) is 26.2 Å². The summed E-state index contributed by atoms with van der Waals surface area (Å²) in [5.74, 6) is 0.223. The van der Waals surface area contributed by atoms with E-state index < -0.39 is 0 Å². The molecule has 5 nitrogen and oxygen atoms in total. The van der Waals surface area contributed by atoms with Gasteiger partial charge in [0, 0.05) is 52.4 Å². The number of nitrogens with zero attached hydrogens (tertiary/aromatic N) is 2. The maximum absolute atomic E-state index is 12.4. The number of carbonyl (C=O) groups excluding carboxylic acids is 2. The third kappa shape index (κ3) is 6.02. The number of likely N-dealkylation sites (tertiary alicyclic amines) is 1. The summed E-state index contributed by atoms with van der Waals surface area (Å²) < 4.78 is 5.02. The van der Waals surface area contributed by atoms with Crippen LogP contribution in [0.2, 0.25) is 0 Å². The van der Waals surface area contributed by atoms with Gasteiger partial charge < -0.3 is 14.5 Å². The van der Waals surface area contributed by atoms with Crippen LogP contribution in [0.3, 0.4) is 0 Å². The molecule has 0 atom stereocenters. The maximum atomic E-state index is 12.4. The first kappa shape index (κ1) is 19.2. The van der Waals surface area contributed by atoms with Gasteiger partial charge in [-0.25, -0.2) is 0 Å². The van der Waals surface area contributed by atoms with Crippen molar-refractivity contribution in [3.63, 3.8) is 0 Å². The standard InChI is InChI=1S/C20H28N2O3/c1-21(13-6-16-25-2)20(24)18-11-14-22(15-12-18)19(23)10-9-17-7-4-3-5-8-17/h3-5,7-10,18H,6,11-16H2,1-2H3/b10-9+. The second-order valence-electron chi connectivity index (χ2n) is 6.45. The van der Waals surface area contributed by atoms with Gasteiger partial charge >= 0.3 is 0 Å². The molecular formula is C20H28N2O3. The highest BCUT2D eigenvalue weighted by atomic mass is 16.5. The molecule has 0 N–H and O–H groups in total. The first-order valence-corrected chi connectivity index (χ1v) is 8.87. The van der Waals surface area contributed by atoms with Crippen molar-refractivity contribution in [2.24, 2.45) is 5.92 Å². The number of hydrogen-bond acceptors (Lipinski definition) is 3. The lowest BCUT2D eigenvalue weighted by molar-refractivity contribution is -0.138. The Bertz CT molecular complexity index is 578. The van der Waals surface area contributed by atoms with Crippen molar-refractivity contribution in [2.45, 2.75) is 19.3 Å². The normalized spacial score (nSPS) is 15.5. The molecule has 2 rings (SSSR count). The molecule has 1 aromatic carbocycles. The number of rotatable bonds is 7. The van der Waals surface area contributed by atoms with E-state index in [1.807, 2.05) is 48.4 Å². The maximum Gasteiger partial charge on any atom is 0.246 e. The molecule has 1 aliphatic rings. The molecule has 0 bridgehead atoms. The van der Waals surface area contributed by atoms with Crippen molar-refractivity contribution >= 4 is 17.9 Å². The van der Waals surface area contributed by atoms with Crippen LogP contribution in [0, 0.1) is 5.92 Å². The van der Waals surface area contributed by atoms with Crippen molar-refractivity contribution in [1.82, 2.24) is 9.80 Å². The van der Waals surface area contributed by atoms with E-state index in [2.05, 4.69) is 0 Å². The van der Waals surface area contributed by atoms with Crippen LogP contribution >= 0.6 is 0 Å². The van der Waals surface area contributed by atoms with Crippen molar-refractivity contribution in [3.8, 4) is 0 Å². The lowest BCUT2D eigenvalue weighted by Crippen LogP contribution is -2.43. The van der Waals surface area contributed by atoms with E-state index in [9.17, 15) is 9.59 Å². The van der Waals surface area contributed by atoms with Gasteiger partial charge in [-0.05, 0) is 30.9 Å². The van der Waals surface area contributed by atoms with Crippen LogP contribution in [0.5, 0.6) is 0 Å². The van der Waals surface area contributed by atoms with Gasteiger partial charge in [-0.1, -0.05) is 30.3 Å². The van der Waals surface area contributed by atoms with Crippen LogP contribution in [0.1, 0.15) is 24.8 Å².